The summed E-state index contributed by atoms with van der Waals surface area (Å²) >= 11 is 5.05. The monoisotopic (exact) mass is 367 g/mol. The van der Waals surface area contributed by atoms with Gasteiger partial charge in [-0.2, -0.15) is 0 Å². The van der Waals surface area contributed by atoms with Gasteiger partial charge in [-0.25, -0.2) is 8.42 Å². The lowest BCUT2D eigenvalue weighted by Gasteiger charge is -2.10. The molecule has 1 aromatic rings. The molecule has 7 heteroatoms. The Labute approximate surface area is 126 Å². The Hall–Kier alpha value is 0.0500. The third-order valence-corrected chi connectivity index (χ3v) is 6.38. The maximum absolute atomic E-state index is 11.9. The molecule has 1 saturated heterocycles. The van der Waals surface area contributed by atoms with Crippen LogP contribution in [0.4, 0.5) is 0 Å². The fourth-order valence-corrected chi connectivity index (χ4v) is 4.90. The molecule has 1 aromatic heterocycles. The SMILES string of the molecule is O=S(=O)(CCNCc1cc(Br)cs1)CC1CCCO1. The molecule has 2 heterocycles. The van der Waals surface area contributed by atoms with Crippen LogP contribution in [-0.2, 0) is 21.1 Å². The Morgan fingerprint density at radius 3 is 3.00 bits per heavy atom. The topological polar surface area (TPSA) is 55.4 Å². The summed E-state index contributed by atoms with van der Waals surface area (Å²) < 4.78 is 30.2. The van der Waals surface area contributed by atoms with Crippen molar-refractivity contribution in [1.82, 2.24) is 5.32 Å². The Bertz CT molecular complexity index is 495. The number of ether oxygens (including phenoxy) is 1. The maximum Gasteiger partial charge on any atom is 0.154 e. The second-order valence-electron chi connectivity index (χ2n) is 4.66. The summed E-state index contributed by atoms with van der Waals surface area (Å²) in [7, 11) is -3.01. The first-order valence-electron chi connectivity index (χ1n) is 6.31. The predicted octanol–water partition coefficient (Wildman–Crippen LogP) is 2.19. The second-order valence-corrected chi connectivity index (χ2v) is 8.80. The molecule has 1 aliphatic heterocycles. The van der Waals surface area contributed by atoms with E-state index in [1.54, 1.807) is 11.3 Å². The lowest BCUT2D eigenvalue weighted by Crippen LogP contribution is -2.28. The molecule has 0 aromatic carbocycles. The van der Waals surface area contributed by atoms with Gasteiger partial charge >= 0.3 is 0 Å². The lowest BCUT2D eigenvalue weighted by molar-refractivity contribution is 0.127. The van der Waals surface area contributed by atoms with E-state index in [2.05, 4.69) is 21.2 Å². The fourth-order valence-electron chi connectivity index (χ4n) is 2.03. The van der Waals surface area contributed by atoms with Crippen molar-refractivity contribution in [2.75, 3.05) is 24.7 Å². The van der Waals surface area contributed by atoms with Crippen molar-refractivity contribution < 1.29 is 13.2 Å². The second kappa shape index (κ2) is 7.17. The normalized spacial score (nSPS) is 19.9. The Morgan fingerprint density at radius 1 is 1.53 bits per heavy atom. The standard InChI is InChI=1S/C12H18BrNO3S2/c13-10-6-12(18-8-10)7-14-3-5-19(15,16)9-11-2-1-4-17-11/h6,8,11,14H,1-5,7,9H2. The molecular weight excluding hydrogens is 350 g/mol. The minimum absolute atomic E-state index is 0.0850. The average molecular weight is 368 g/mol. The van der Waals surface area contributed by atoms with Gasteiger partial charge < -0.3 is 10.1 Å². The van der Waals surface area contributed by atoms with E-state index in [-0.39, 0.29) is 17.6 Å². The van der Waals surface area contributed by atoms with Crippen molar-refractivity contribution in [2.24, 2.45) is 0 Å². The zero-order chi connectivity index (χ0) is 13.7. The molecular formula is C12H18BrNO3S2. The summed E-state index contributed by atoms with van der Waals surface area (Å²) in [6, 6.07) is 2.04. The average Bonchev–Trinajstić information content (AvgIpc) is 2.96. The molecule has 1 N–H and O–H groups in total. The molecule has 1 aliphatic rings. The zero-order valence-electron chi connectivity index (χ0n) is 10.6. The summed E-state index contributed by atoms with van der Waals surface area (Å²) in [4.78, 5) is 1.20. The predicted molar refractivity (Wildman–Crippen MR) is 81.4 cm³/mol. The largest absolute Gasteiger partial charge is 0.377 e. The Kier molecular flexibility index (Phi) is 5.83. The number of rotatable bonds is 7. The van der Waals surface area contributed by atoms with E-state index >= 15 is 0 Å². The van der Waals surface area contributed by atoms with Crippen molar-refractivity contribution in [2.45, 2.75) is 25.5 Å². The summed E-state index contributed by atoms with van der Waals surface area (Å²) in [6.45, 7) is 1.90. The molecule has 0 amide bonds. The summed E-state index contributed by atoms with van der Waals surface area (Å²) in [5, 5.41) is 5.18. The van der Waals surface area contributed by atoms with Crippen LogP contribution in [0.2, 0.25) is 0 Å². The third kappa shape index (κ3) is 5.51. The molecule has 0 aliphatic carbocycles. The van der Waals surface area contributed by atoms with Crippen molar-refractivity contribution in [1.29, 1.82) is 0 Å². The molecule has 0 radical (unpaired) electrons. The Balaban J connectivity index is 1.66. The number of thiophene rings is 1. The van der Waals surface area contributed by atoms with Gasteiger partial charge in [-0.3, -0.25) is 0 Å². The number of hydrogen-bond acceptors (Lipinski definition) is 5. The van der Waals surface area contributed by atoms with Crippen LogP contribution in [0.5, 0.6) is 0 Å². The number of sulfone groups is 1. The van der Waals surface area contributed by atoms with Crippen LogP contribution < -0.4 is 5.32 Å². The summed E-state index contributed by atoms with van der Waals surface area (Å²) in [5.41, 5.74) is 0. The quantitative estimate of drug-likeness (QED) is 0.750. The van der Waals surface area contributed by atoms with Crippen LogP contribution >= 0.6 is 27.3 Å². The van der Waals surface area contributed by atoms with Gasteiger partial charge in [-0.1, -0.05) is 0 Å². The van der Waals surface area contributed by atoms with Crippen LogP contribution in [0, 0.1) is 0 Å². The minimum Gasteiger partial charge on any atom is -0.377 e. The van der Waals surface area contributed by atoms with Crippen LogP contribution in [0.1, 0.15) is 17.7 Å². The van der Waals surface area contributed by atoms with E-state index in [0.29, 0.717) is 19.7 Å². The maximum atomic E-state index is 11.9. The van der Waals surface area contributed by atoms with Gasteiger partial charge in [0.05, 0.1) is 17.6 Å². The first-order valence-corrected chi connectivity index (χ1v) is 9.80. The zero-order valence-corrected chi connectivity index (χ0v) is 13.8. The number of hydrogen-bond donors (Lipinski definition) is 1. The molecule has 0 spiro atoms. The van der Waals surface area contributed by atoms with Gasteiger partial charge in [-0.15, -0.1) is 11.3 Å². The first kappa shape index (κ1) is 15.4. The number of halogens is 1. The minimum atomic E-state index is -3.01. The van der Waals surface area contributed by atoms with Gasteiger partial charge in [0, 0.05) is 34.4 Å². The summed E-state index contributed by atoms with van der Waals surface area (Å²) in [5.74, 6) is 0.346. The van der Waals surface area contributed by atoms with E-state index in [0.717, 1.165) is 17.3 Å². The Morgan fingerprint density at radius 2 is 2.37 bits per heavy atom. The molecule has 4 nitrogen and oxygen atoms in total. The summed E-state index contributed by atoms with van der Waals surface area (Å²) in [6.07, 6.45) is 1.76. The molecule has 1 atom stereocenters. The fraction of sp³-hybridized carbons (Fsp3) is 0.667. The highest BCUT2D eigenvalue weighted by atomic mass is 79.9. The smallest absolute Gasteiger partial charge is 0.154 e. The van der Waals surface area contributed by atoms with E-state index in [1.807, 2.05) is 11.4 Å². The highest BCUT2D eigenvalue weighted by Gasteiger charge is 2.22. The van der Waals surface area contributed by atoms with Gasteiger partial charge in [0.25, 0.3) is 0 Å². The highest BCUT2D eigenvalue weighted by Crippen LogP contribution is 2.19. The lowest BCUT2D eigenvalue weighted by atomic mass is 10.3. The molecule has 19 heavy (non-hydrogen) atoms. The highest BCUT2D eigenvalue weighted by molar-refractivity contribution is 9.10. The van der Waals surface area contributed by atoms with Crippen molar-refractivity contribution >= 4 is 37.1 Å². The van der Waals surface area contributed by atoms with Crippen LogP contribution in [0.25, 0.3) is 0 Å². The van der Waals surface area contributed by atoms with E-state index in [4.69, 9.17) is 4.74 Å². The first-order chi connectivity index (χ1) is 9.05. The van der Waals surface area contributed by atoms with Crippen LogP contribution in [0.3, 0.4) is 0 Å². The van der Waals surface area contributed by atoms with Crippen molar-refractivity contribution in [3.05, 3.63) is 20.8 Å². The molecule has 1 unspecified atom stereocenters. The van der Waals surface area contributed by atoms with Crippen LogP contribution in [-0.4, -0.2) is 39.2 Å². The molecule has 0 bridgehead atoms. The van der Waals surface area contributed by atoms with E-state index in [1.165, 1.54) is 4.88 Å². The van der Waals surface area contributed by atoms with E-state index in [9.17, 15) is 8.42 Å². The van der Waals surface area contributed by atoms with Gasteiger partial charge in [0.1, 0.15) is 0 Å². The third-order valence-electron chi connectivity index (χ3n) is 2.97. The number of nitrogens with one attached hydrogen (secondary N) is 1. The van der Waals surface area contributed by atoms with Crippen molar-refractivity contribution in [3.8, 4) is 0 Å². The van der Waals surface area contributed by atoms with Gasteiger partial charge in [0.15, 0.2) is 9.84 Å². The van der Waals surface area contributed by atoms with E-state index < -0.39 is 9.84 Å². The molecule has 1 fully saturated rings. The molecule has 108 valence electrons. The molecule has 2 rings (SSSR count). The van der Waals surface area contributed by atoms with Gasteiger partial charge in [0.2, 0.25) is 0 Å². The van der Waals surface area contributed by atoms with Gasteiger partial charge in [-0.05, 0) is 34.8 Å². The van der Waals surface area contributed by atoms with Crippen molar-refractivity contribution in [3.63, 3.8) is 0 Å². The van der Waals surface area contributed by atoms with Crippen LogP contribution in [0.15, 0.2) is 15.9 Å². The molecule has 0 saturated carbocycles.